The third kappa shape index (κ3) is 2.57. The van der Waals surface area contributed by atoms with Crippen LogP contribution < -0.4 is 5.32 Å². The highest BCUT2D eigenvalue weighted by Gasteiger charge is 2.16. The molecule has 0 amide bonds. The minimum absolute atomic E-state index is 0.300. The third-order valence-electron chi connectivity index (χ3n) is 2.67. The minimum Gasteiger partial charge on any atom is -0.316 e. The minimum atomic E-state index is -3.11. The summed E-state index contributed by atoms with van der Waals surface area (Å²) in [6, 6.07) is 0. The summed E-state index contributed by atoms with van der Waals surface area (Å²) < 4.78 is 24.1. The molecule has 5 nitrogen and oxygen atoms in total. The van der Waals surface area contributed by atoms with Crippen LogP contribution in [0.25, 0.3) is 0 Å². The molecular formula is C9H15N3O2S. The Kier molecular flexibility index (Phi) is 2.79. The van der Waals surface area contributed by atoms with Gasteiger partial charge in [-0.2, -0.15) is 5.10 Å². The number of aromatic nitrogens is 2. The Labute approximate surface area is 89.4 Å². The Morgan fingerprint density at radius 3 is 2.80 bits per heavy atom. The molecule has 0 radical (unpaired) electrons. The van der Waals surface area contributed by atoms with Crippen LogP contribution in [0.4, 0.5) is 0 Å². The van der Waals surface area contributed by atoms with Gasteiger partial charge in [-0.1, -0.05) is 0 Å². The van der Waals surface area contributed by atoms with E-state index in [2.05, 4.69) is 10.4 Å². The molecule has 1 aromatic rings. The lowest BCUT2D eigenvalue weighted by molar-refractivity contribution is 0.307. The number of hydrogen-bond acceptors (Lipinski definition) is 4. The molecule has 0 aromatic carbocycles. The Hall–Kier alpha value is -0.880. The van der Waals surface area contributed by atoms with E-state index in [9.17, 15) is 8.42 Å². The van der Waals surface area contributed by atoms with Crippen LogP contribution in [0.2, 0.25) is 0 Å². The van der Waals surface area contributed by atoms with Crippen molar-refractivity contribution < 1.29 is 8.42 Å². The average molecular weight is 229 g/mol. The summed E-state index contributed by atoms with van der Waals surface area (Å²) in [6.07, 6.45) is 5.26. The van der Waals surface area contributed by atoms with Crippen molar-refractivity contribution in [2.45, 2.75) is 17.9 Å². The van der Waals surface area contributed by atoms with Gasteiger partial charge in [0.25, 0.3) is 0 Å². The van der Waals surface area contributed by atoms with Gasteiger partial charge in [-0.25, -0.2) is 8.42 Å². The van der Waals surface area contributed by atoms with Crippen LogP contribution in [0.3, 0.4) is 0 Å². The Morgan fingerprint density at radius 2 is 2.33 bits per heavy atom. The number of nitrogens with zero attached hydrogens (tertiary/aromatic N) is 2. The molecule has 1 aliphatic heterocycles. The zero-order valence-corrected chi connectivity index (χ0v) is 9.50. The first-order valence-electron chi connectivity index (χ1n) is 4.99. The molecular weight excluding hydrogens is 214 g/mol. The van der Waals surface area contributed by atoms with Gasteiger partial charge in [-0.3, -0.25) is 4.68 Å². The lowest BCUT2D eigenvalue weighted by atomic mass is 10.00. The van der Waals surface area contributed by atoms with Crippen molar-refractivity contribution >= 4 is 9.84 Å². The van der Waals surface area contributed by atoms with Crippen molar-refractivity contribution in [1.82, 2.24) is 15.1 Å². The summed E-state index contributed by atoms with van der Waals surface area (Å²) in [6.45, 7) is 2.93. The van der Waals surface area contributed by atoms with Crippen LogP contribution in [-0.2, 0) is 16.4 Å². The second-order valence-electron chi connectivity index (χ2n) is 4.02. The molecule has 1 aliphatic rings. The molecule has 84 valence electrons. The van der Waals surface area contributed by atoms with Crippen LogP contribution >= 0.6 is 0 Å². The molecule has 1 N–H and O–H groups in total. The van der Waals surface area contributed by atoms with E-state index >= 15 is 0 Å². The lowest BCUT2D eigenvalue weighted by Crippen LogP contribution is -2.42. The first kappa shape index (κ1) is 10.6. The Morgan fingerprint density at radius 1 is 1.60 bits per heavy atom. The topological polar surface area (TPSA) is 64.0 Å². The van der Waals surface area contributed by atoms with Gasteiger partial charge in [0.1, 0.15) is 4.90 Å². The average Bonchev–Trinajstić information content (AvgIpc) is 2.48. The van der Waals surface area contributed by atoms with Gasteiger partial charge in [0.2, 0.25) is 0 Å². The predicted octanol–water partition coefficient (Wildman–Crippen LogP) is -0.104. The number of hydrogen-bond donors (Lipinski definition) is 1. The van der Waals surface area contributed by atoms with Crippen molar-refractivity contribution in [1.29, 1.82) is 0 Å². The summed E-state index contributed by atoms with van der Waals surface area (Å²) in [5.74, 6) is 0.718. The molecule has 0 bridgehead atoms. The zero-order valence-electron chi connectivity index (χ0n) is 8.68. The normalized spacial score (nSPS) is 17.7. The highest BCUT2D eigenvalue weighted by Crippen LogP contribution is 2.11. The zero-order chi connectivity index (χ0) is 10.9. The fourth-order valence-electron chi connectivity index (χ4n) is 1.53. The molecule has 2 heterocycles. The van der Waals surface area contributed by atoms with Gasteiger partial charge in [0.15, 0.2) is 9.84 Å². The van der Waals surface area contributed by atoms with Crippen molar-refractivity contribution in [3.8, 4) is 0 Å². The largest absolute Gasteiger partial charge is 0.316 e. The second-order valence-corrected chi connectivity index (χ2v) is 6.04. The van der Waals surface area contributed by atoms with Crippen molar-refractivity contribution in [2.24, 2.45) is 5.92 Å². The van der Waals surface area contributed by atoms with Crippen molar-refractivity contribution in [3.63, 3.8) is 0 Å². The molecule has 0 unspecified atom stereocenters. The highest BCUT2D eigenvalue weighted by molar-refractivity contribution is 7.90. The molecule has 1 saturated heterocycles. The molecule has 15 heavy (non-hydrogen) atoms. The fraction of sp³-hybridized carbons (Fsp3) is 0.667. The quantitative estimate of drug-likeness (QED) is 0.783. The summed E-state index contributed by atoms with van der Waals surface area (Å²) >= 11 is 0. The molecule has 0 aliphatic carbocycles. The number of sulfone groups is 1. The van der Waals surface area contributed by atoms with E-state index in [1.807, 2.05) is 0 Å². The van der Waals surface area contributed by atoms with Crippen LogP contribution in [0, 0.1) is 5.92 Å². The summed E-state index contributed by atoms with van der Waals surface area (Å²) in [5, 5.41) is 7.23. The van der Waals surface area contributed by atoms with E-state index in [0.29, 0.717) is 4.90 Å². The van der Waals surface area contributed by atoms with Gasteiger partial charge in [-0.05, 0) is 25.4 Å². The van der Waals surface area contributed by atoms with Crippen LogP contribution in [0.1, 0.15) is 6.42 Å². The maximum atomic E-state index is 11.2. The Bertz CT molecular complexity index is 434. The number of nitrogens with one attached hydrogen (secondary N) is 1. The summed E-state index contributed by atoms with van der Waals surface area (Å²) in [7, 11) is -3.11. The van der Waals surface area contributed by atoms with Gasteiger partial charge >= 0.3 is 0 Å². The van der Waals surface area contributed by atoms with E-state index in [4.69, 9.17) is 0 Å². The summed E-state index contributed by atoms with van der Waals surface area (Å²) in [4.78, 5) is 0.300. The van der Waals surface area contributed by atoms with Crippen molar-refractivity contribution in [2.75, 3.05) is 19.3 Å². The lowest BCUT2D eigenvalue weighted by Gasteiger charge is -2.26. The first-order valence-corrected chi connectivity index (χ1v) is 6.88. The smallest absolute Gasteiger partial charge is 0.178 e. The molecule has 2 rings (SSSR count). The van der Waals surface area contributed by atoms with Gasteiger partial charge in [0.05, 0.1) is 6.20 Å². The SMILES string of the molecule is CS(=O)(=O)c1cnn(CCC2CNC2)c1. The second kappa shape index (κ2) is 3.94. The first-order chi connectivity index (χ1) is 7.05. The van der Waals surface area contributed by atoms with Crippen LogP contribution in [0.5, 0.6) is 0 Å². The van der Waals surface area contributed by atoms with Gasteiger partial charge in [-0.15, -0.1) is 0 Å². The van der Waals surface area contributed by atoms with Gasteiger partial charge in [0, 0.05) is 19.0 Å². The number of rotatable bonds is 4. The molecule has 1 aromatic heterocycles. The standard InChI is InChI=1S/C9H15N3O2S/c1-15(13,14)9-6-11-12(7-9)3-2-8-4-10-5-8/h6-8,10H,2-5H2,1H3. The van der Waals surface area contributed by atoms with E-state index in [-0.39, 0.29) is 0 Å². The highest BCUT2D eigenvalue weighted by atomic mass is 32.2. The monoisotopic (exact) mass is 229 g/mol. The van der Waals surface area contributed by atoms with Crippen LogP contribution in [-0.4, -0.2) is 37.5 Å². The van der Waals surface area contributed by atoms with E-state index in [1.54, 1.807) is 10.9 Å². The molecule has 1 fully saturated rings. The molecule has 0 spiro atoms. The van der Waals surface area contributed by atoms with E-state index in [0.717, 1.165) is 32.0 Å². The fourth-order valence-corrected chi connectivity index (χ4v) is 2.08. The maximum Gasteiger partial charge on any atom is 0.178 e. The van der Waals surface area contributed by atoms with E-state index < -0.39 is 9.84 Å². The number of aryl methyl sites for hydroxylation is 1. The summed E-state index contributed by atoms with van der Waals surface area (Å²) in [5.41, 5.74) is 0. The van der Waals surface area contributed by atoms with Gasteiger partial charge < -0.3 is 5.32 Å². The van der Waals surface area contributed by atoms with Crippen LogP contribution in [0.15, 0.2) is 17.3 Å². The maximum absolute atomic E-state index is 11.2. The van der Waals surface area contributed by atoms with E-state index in [1.165, 1.54) is 12.5 Å². The molecule has 0 atom stereocenters. The third-order valence-corrected chi connectivity index (χ3v) is 3.74. The molecule has 6 heteroatoms. The molecule has 0 saturated carbocycles. The predicted molar refractivity (Wildman–Crippen MR) is 56.3 cm³/mol. The Balaban J connectivity index is 1.95. The van der Waals surface area contributed by atoms with Crippen molar-refractivity contribution in [3.05, 3.63) is 12.4 Å².